The summed E-state index contributed by atoms with van der Waals surface area (Å²) in [5.74, 6) is -0.206. The van der Waals surface area contributed by atoms with Gasteiger partial charge in [0.25, 0.3) is 0 Å². The van der Waals surface area contributed by atoms with E-state index >= 15 is 0 Å². The molecule has 470 valence electrons. The van der Waals surface area contributed by atoms with Crippen LogP contribution in [0.2, 0.25) is 0 Å². The van der Waals surface area contributed by atoms with Crippen molar-refractivity contribution in [2.75, 3.05) is 19.8 Å². The molecular weight excluding hydrogens is 1010 g/mol. The molecule has 1 amide bonds. The van der Waals surface area contributed by atoms with Gasteiger partial charge in [-0.3, -0.25) is 9.59 Å². The number of hydrogen-bond donors (Lipinski definition) is 6. The molecule has 7 atom stereocenters. The molecule has 1 saturated heterocycles. The Labute approximate surface area is 496 Å². The van der Waals surface area contributed by atoms with Crippen LogP contribution in [-0.4, -0.2) is 100 Å². The molecule has 0 aromatic carbocycles. The standard InChI is InChI=1S/C70H125NO10/c1-3-5-7-9-11-13-14-15-35-38-42-46-50-54-58-66(75)79-59-55-51-47-43-39-36-33-31-29-27-25-23-21-19-17-16-18-20-22-24-26-28-30-32-34-37-41-45-49-53-57-65(74)71-62(63(73)56-52-48-44-40-12-10-8-6-4-2)61-80-70-69(78)68(77)67(76)64(60-72)81-70/h4,6,9,11-12,14-15,17,19,40,52,56,62-64,67-70,72-73,76-78H,3,5,7-8,10,13,16,18,20-39,41-51,53-55,57-61H2,1-2H3,(H,71,74)/b6-4+,11-9-,15-14-,19-17-,40-12+,56-52+. The predicted octanol–water partition coefficient (Wildman–Crippen LogP) is 16.7. The monoisotopic (exact) mass is 1140 g/mol. The van der Waals surface area contributed by atoms with Crippen LogP contribution in [0.15, 0.2) is 72.9 Å². The number of ether oxygens (including phenoxy) is 3. The fraction of sp³-hybridized carbons (Fsp3) is 0.800. The molecule has 0 spiro atoms. The Kier molecular flexibility index (Phi) is 55.3. The van der Waals surface area contributed by atoms with E-state index in [1.54, 1.807) is 6.08 Å². The molecule has 7 unspecified atom stereocenters. The van der Waals surface area contributed by atoms with Gasteiger partial charge in [-0.25, -0.2) is 0 Å². The topological polar surface area (TPSA) is 175 Å². The number of rotatable bonds is 58. The van der Waals surface area contributed by atoms with Crippen molar-refractivity contribution in [1.82, 2.24) is 5.32 Å². The first-order valence-corrected chi connectivity index (χ1v) is 33.7. The molecule has 0 aliphatic carbocycles. The van der Waals surface area contributed by atoms with E-state index in [0.29, 0.717) is 19.4 Å². The van der Waals surface area contributed by atoms with Gasteiger partial charge in [-0.15, -0.1) is 0 Å². The third-order valence-corrected chi connectivity index (χ3v) is 15.6. The number of allylic oxidation sites excluding steroid dienone is 11. The Hall–Kier alpha value is -2.90. The van der Waals surface area contributed by atoms with Crippen molar-refractivity contribution in [1.29, 1.82) is 0 Å². The van der Waals surface area contributed by atoms with Gasteiger partial charge in [0.15, 0.2) is 6.29 Å². The van der Waals surface area contributed by atoms with Crippen LogP contribution in [0.25, 0.3) is 0 Å². The van der Waals surface area contributed by atoms with Gasteiger partial charge >= 0.3 is 5.97 Å². The first kappa shape index (κ1) is 76.1. The molecule has 1 rings (SSSR count). The van der Waals surface area contributed by atoms with Crippen molar-refractivity contribution in [2.24, 2.45) is 0 Å². The maximum absolute atomic E-state index is 13.0. The summed E-state index contributed by atoms with van der Waals surface area (Å²) in [4.78, 5) is 25.1. The molecule has 0 bridgehead atoms. The van der Waals surface area contributed by atoms with Crippen LogP contribution in [0, 0.1) is 0 Å². The van der Waals surface area contributed by atoms with E-state index in [4.69, 9.17) is 14.2 Å². The average molecular weight is 1140 g/mol. The first-order valence-electron chi connectivity index (χ1n) is 33.7. The zero-order chi connectivity index (χ0) is 58.7. The minimum atomic E-state index is -1.58. The van der Waals surface area contributed by atoms with E-state index in [-0.39, 0.29) is 18.5 Å². The van der Waals surface area contributed by atoms with Crippen LogP contribution in [0.1, 0.15) is 296 Å². The highest BCUT2D eigenvalue weighted by molar-refractivity contribution is 5.76. The Balaban J connectivity index is 1.93. The summed E-state index contributed by atoms with van der Waals surface area (Å²) in [6, 6.07) is -0.833. The molecule has 1 fully saturated rings. The van der Waals surface area contributed by atoms with E-state index in [1.165, 1.54) is 199 Å². The second-order valence-corrected chi connectivity index (χ2v) is 23.2. The van der Waals surface area contributed by atoms with E-state index < -0.39 is 49.5 Å². The molecule has 6 N–H and O–H groups in total. The number of esters is 1. The summed E-state index contributed by atoms with van der Waals surface area (Å²) in [5.41, 5.74) is 0. The quantitative estimate of drug-likeness (QED) is 0.0195. The molecular formula is C70H125NO10. The van der Waals surface area contributed by atoms with Crippen molar-refractivity contribution in [3.63, 3.8) is 0 Å². The van der Waals surface area contributed by atoms with Gasteiger partial charge in [0.05, 0.1) is 32.0 Å². The van der Waals surface area contributed by atoms with Crippen molar-refractivity contribution in [3.8, 4) is 0 Å². The lowest BCUT2D eigenvalue weighted by Gasteiger charge is -2.40. The summed E-state index contributed by atoms with van der Waals surface area (Å²) in [7, 11) is 0. The minimum absolute atomic E-state index is 0.00704. The van der Waals surface area contributed by atoms with Gasteiger partial charge in [-0.05, 0) is 103 Å². The van der Waals surface area contributed by atoms with Gasteiger partial charge < -0.3 is 45.1 Å². The third kappa shape index (κ3) is 48.1. The van der Waals surface area contributed by atoms with E-state index in [0.717, 1.165) is 70.6 Å². The van der Waals surface area contributed by atoms with Crippen LogP contribution >= 0.6 is 0 Å². The molecule has 1 aliphatic rings. The van der Waals surface area contributed by atoms with E-state index in [9.17, 15) is 35.1 Å². The minimum Gasteiger partial charge on any atom is -0.466 e. The molecule has 11 nitrogen and oxygen atoms in total. The second-order valence-electron chi connectivity index (χ2n) is 23.2. The van der Waals surface area contributed by atoms with Crippen molar-refractivity contribution >= 4 is 11.9 Å². The third-order valence-electron chi connectivity index (χ3n) is 15.6. The van der Waals surface area contributed by atoms with E-state index in [2.05, 4.69) is 66.9 Å². The van der Waals surface area contributed by atoms with Gasteiger partial charge in [-0.2, -0.15) is 0 Å². The predicted molar refractivity (Wildman–Crippen MR) is 338 cm³/mol. The number of carbonyl (C=O) groups excluding carboxylic acids is 2. The lowest BCUT2D eigenvalue weighted by molar-refractivity contribution is -0.302. The highest BCUT2D eigenvalue weighted by atomic mass is 16.7. The normalized spacial score (nSPS) is 18.7. The summed E-state index contributed by atoms with van der Waals surface area (Å²) < 4.78 is 16.7. The SMILES string of the molecule is C/C=C/CC/C=C/CC/C=C/C(O)C(COC1OC(CO)C(O)C(O)C1O)NC(=O)CCCCCCCCCCCCCCCC/C=C\CCCCCCCCCCCCCCOC(=O)CCCCCCC/C=C\C/C=C\CCCC. The zero-order valence-electron chi connectivity index (χ0n) is 52.0. The number of aliphatic hydroxyl groups is 5. The summed E-state index contributed by atoms with van der Waals surface area (Å²) >= 11 is 0. The van der Waals surface area contributed by atoms with Crippen molar-refractivity contribution in [3.05, 3.63) is 72.9 Å². The maximum atomic E-state index is 13.0. The van der Waals surface area contributed by atoms with E-state index in [1.807, 2.05) is 19.1 Å². The molecule has 0 aromatic heterocycles. The molecule has 0 radical (unpaired) electrons. The lowest BCUT2D eigenvalue weighted by atomic mass is 9.99. The van der Waals surface area contributed by atoms with Crippen molar-refractivity contribution in [2.45, 2.75) is 339 Å². The largest absolute Gasteiger partial charge is 0.466 e. The van der Waals surface area contributed by atoms with Crippen LogP contribution in [0.4, 0.5) is 0 Å². The van der Waals surface area contributed by atoms with Crippen LogP contribution in [-0.2, 0) is 23.8 Å². The van der Waals surface area contributed by atoms with Crippen LogP contribution in [0.3, 0.4) is 0 Å². The Morgan fingerprint density at radius 3 is 1.37 bits per heavy atom. The number of unbranched alkanes of at least 4 members (excludes halogenated alkanes) is 35. The Morgan fingerprint density at radius 1 is 0.481 bits per heavy atom. The molecule has 0 aromatic rings. The first-order chi connectivity index (χ1) is 39.7. The molecule has 0 saturated carbocycles. The second kappa shape index (κ2) is 58.9. The highest BCUT2D eigenvalue weighted by Crippen LogP contribution is 2.23. The number of hydrogen-bond acceptors (Lipinski definition) is 10. The summed E-state index contributed by atoms with van der Waals surface area (Å²) in [6.45, 7) is 4.05. The molecule has 81 heavy (non-hydrogen) atoms. The summed E-state index contributed by atoms with van der Waals surface area (Å²) in [5, 5.41) is 54.2. The average Bonchev–Trinajstić information content (AvgIpc) is 3.50. The van der Waals surface area contributed by atoms with Crippen molar-refractivity contribution < 1.29 is 49.3 Å². The van der Waals surface area contributed by atoms with Gasteiger partial charge in [0.1, 0.15) is 24.4 Å². The highest BCUT2D eigenvalue weighted by Gasteiger charge is 2.44. The zero-order valence-corrected chi connectivity index (χ0v) is 52.0. The molecule has 1 heterocycles. The fourth-order valence-corrected chi connectivity index (χ4v) is 10.3. The number of nitrogens with one attached hydrogen (secondary N) is 1. The number of carbonyl (C=O) groups is 2. The maximum Gasteiger partial charge on any atom is 0.305 e. The van der Waals surface area contributed by atoms with Crippen LogP contribution < -0.4 is 5.32 Å². The van der Waals surface area contributed by atoms with Gasteiger partial charge in [-0.1, -0.05) is 253 Å². The smallest absolute Gasteiger partial charge is 0.305 e. The lowest BCUT2D eigenvalue weighted by Crippen LogP contribution is -2.60. The number of aliphatic hydroxyl groups excluding tert-OH is 5. The number of amides is 1. The van der Waals surface area contributed by atoms with Crippen LogP contribution in [0.5, 0.6) is 0 Å². The summed E-state index contributed by atoms with van der Waals surface area (Å²) in [6.07, 6.45) is 69.2. The van der Waals surface area contributed by atoms with Gasteiger partial charge in [0.2, 0.25) is 5.91 Å². The Morgan fingerprint density at radius 2 is 0.889 bits per heavy atom. The fourth-order valence-electron chi connectivity index (χ4n) is 10.3. The molecule has 1 aliphatic heterocycles. The van der Waals surface area contributed by atoms with Gasteiger partial charge in [0, 0.05) is 12.8 Å². The Bertz CT molecular complexity index is 1580. The molecule has 11 heteroatoms.